The number of Topliss-reactive ketones (excluding diaryl/α,β-unsaturated/α-hetero) is 2. The summed E-state index contributed by atoms with van der Waals surface area (Å²) in [7, 11) is 0. The molecule has 3 rings (SSSR count). The Bertz CT molecular complexity index is 806. The Labute approximate surface area is 135 Å². The number of rotatable bonds is 4. The van der Waals surface area contributed by atoms with Crippen molar-refractivity contribution >= 4 is 33.9 Å². The van der Waals surface area contributed by atoms with E-state index in [0.717, 1.165) is 16.5 Å². The summed E-state index contributed by atoms with van der Waals surface area (Å²) in [4.78, 5) is 38.2. The quantitative estimate of drug-likeness (QED) is 0.815. The van der Waals surface area contributed by atoms with Gasteiger partial charge in [-0.3, -0.25) is 9.59 Å². The molecule has 23 heavy (non-hydrogen) atoms. The second-order valence-electron chi connectivity index (χ2n) is 6.35. The van der Waals surface area contributed by atoms with Gasteiger partial charge in [0.05, 0.1) is 12.2 Å². The Hall–Kier alpha value is -2.49. The monoisotopic (exact) mass is 309 g/mol. The summed E-state index contributed by atoms with van der Waals surface area (Å²) < 4.78 is 0. The molecule has 0 aliphatic carbocycles. The summed E-state index contributed by atoms with van der Waals surface area (Å²) in [5, 5.41) is 1.98. The van der Waals surface area contributed by atoms with Gasteiger partial charge >= 0.3 is 0 Å². The van der Waals surface area contributed by atoms with Gasteiger partial charge in [-0.15, -0.1) is 0 Å². The number of hydrogen-bond acceptors (Lipinski definition) is 3. The Morgan fingerprint density at radius 3 is 2.57 bits per heavy atom. The van der Waals surface area contributed by atoms with Gasteiger partial charge in [0.1, 0.15) is 11.2 Å². The van der Waals surface area contributed by atoms with Gasteiger partial charge < -0.3 is 9.69 Å². The van der Waals surface area contributed by atoms with Crippen LogP contribution >= 0.6 is 0 Å². The van der Waals surface area contributed by atoms with Crippen LogP contribution < -0.4 is 4.90 Å². The first-order valence-corrected chi connectivity index (χ1v) is 7.76. The number of anilines is 1. The predicted molar refractivity (Wildman–Crippen MR) is 89.3 cm³/mol. The van der Waals surface area contributed by atoms with Gasteiger partial charge in [-0.2, -0.15) is 0 Å². The van der Waals surface area contributed by atoms with Crippen molar-refractivity contribution in [1.82, 2.24) is 0 Å². The Balaban J connectivity index is 2.00. The van der Waals surface area contributed by atoms with E-state index in [-0.39, 0.29) is 36.9 Å². The molecule has 118 valence electrons. The van der Waals surface area contributed by atoms with E-state index in [0.29, 0.717) is 0 Å². The zero-order valence-corrected chi connectivity index (χ0v) is 13.3. The third-order valence-electron chi connectivity index (χ3n) is 4.67. The summed E-state index contributed by atoms with van der Waals surface area (Å²) in [5.74, 6) is -0.327. The molecule has 2 aromatic rings. The van der Waals surface area contributed by atoms with Crippen LogP contribution in [0.4, 0.5) is 5.69 Å². The molecular weight excluding hydrogens is 290 g/mol. The molecule has 1 aliphatic rings. The number of amides is 1. The third kappa shape index (κ3) is 2.54. The largest absolute Gasteiger partial charge is 0.303 e. The predicted octanol–water partition coefficient (Wildman–Crippen LogP) is 3.13. The van der Waals surface area contributed by atoms with Crippen LogP contribution in [0, 0.1) is 5.41 Å². The van der Waals surface area contributed by atoms with Crippen LogP contribution in [0.5, 0.6) is 0 Å². The molecule has 1 fully saturated rings. The molecule has 0 radical (unpaired) electrons. The Morgan fingerprint density at radius 2 is 1.83 bits per heavy atom. The number of benzene rings is 2. The minimum Gasteiger partial charge on any atom is -0.303 e. The van der Waals surface area contributed by atoms with E-state index in [4.69, 9.17) is 0 Å². The second-order valence-corrected chi connectivity index (χ2v) is 6.35. The smallest absolute Gasteiger partial charge is 0.240 e. The molecule has 0 saturated carbocycles. The minimum atomic E-state index is -1.09. The van der Waals surface area contributed by atoms with Crippen LogP contribution in [0.2, 0.25) is 0 Å². The van der Waals surface area contributed by atoms with Crippen molar-refractivity contribution < 1.29 is 14.4 Å². The van der Waals surface area contributed by atoms with Crippen LogP contribution in [-0.4, -0.2) is 24.0 Å². The van der Waals surface area contributed by atoms with E-state index in [1.54, 1.807) is 11.8 Å². The third-order valence-corrected chi connectivity index (χ3v) is 4.67. The van der Waals surface area contributed by atoms with Crippen molar-refractivity contribution in [2.75, 3.05) is 11.4 Å². The van der Waals surface area contributed by atoms with E-state index in [9.17, 15) is 14.4 Å². The first-order chi connectivity index (χ1) is 10.9. The standard InChI is InChI=1S/C19H19NO3/c1-13(21)10-11-19(2)17(22)12-20(18(19)23)16-9-5-7-14-6-3-4-8-15(14)16/h3-9H,10-12H2,1-2H3. The number of nitrogens with zero attached hydrogens (tertiary/aromatic N) is 1. The Morgan fingerprint density at radius 1 is 1.13 bits per heavy atom. The highest BCUT2D eigenvalue weighted by molar-refractivity contribution is 6.22. The highest BCUT2D eigenvalue weighted by Crippen LogP contribution is 2.38. The van der Waals surface area contributed by atoms with Crippen molar-refractivity contribution in [1.29, 1.82) is 0 Å². The van der Waals surface area contributed by atoms with Crippen LogP contribution in [0.15, 0.2) is 42.5 Å². The van der Waals surface area contributed by atoms with Crippen molar-refractivity contribution in [3.8, 4) is 0 Å². The lowest BCUT2D eigenvalue weighted by Crippen LogP contribution is -2.34. The highest BCUT2D eigenvalue weighted by atomic mass is 16.2. The molecule has 1 saturated heterocycles. The molecule has 2 aromatic carbocycles. The van der Waals surface area contributed by atoms with Crippen LogP contribution in [-0.2, 0) is 14.4 Å². The SMILES string of the molecule is CC(=O)CCC1(C)C(=O)CN(c2cccc3ccccc23)C1=O. The van der Waals surface area contributed by atoms with Crippen molar-refractivity contribution in [2.45, 2.75) is 26.7 Å². The van der Waals surface area contributed by atoms with Crippen molar-refractivity contribution in [2.24, 2.45) is 5.41 Å². The number of fused-ring (bicyclic) bond motifs is 1. The number of ketones is 2. The van der Waals surface area contributed by atoms with Crippen LogP contribution in [0.25, 0.3) is 10.8 Å². The summed E-state index contributed by atoms with van der Waals surface area (Å²) in [6, 6.07) is 13.5. The fraction of sp³-hybridized carbons (Fsp3) is 0.316. The molecule has 0 spiro atoms. The maximum atomic E-state index is 12.9. The molecule has 4 heteroatoms. The topological polar surface area (TPSA) is 54.5 Å². The first-order valence-electron chi connectivity index (χ1n) is 7.76. The molecule has 1 atom stereocenters. The van der Waals surface area contributed by atoms with Crippen LogP contribution in [0.1, 0.15) is 26.7 Å². The lowest BCUT2D eigenvalue weighted by atomic mass is 9.82. The molecule has 1 unspecified atom stereocenters. The molecule has 0 aromatic heterocycles. The van der Waals surface area contributed by atoms with Gasteiger partial charge in [0.15, 0.2) is 5.78 Å². The van der Waals surface area contributed by atoms with Crippen LogP contribution in [0.3, 0.4) is 0 Å². The van der Waals surface area contributed by atoms with E-state index < -0.39 is 5.41 Å². The molecule has 0 N–H and O–H groups in total. The van der Waals surface area contributed by atoms with Gasteiger partial charge in [0.2, 0.25) is 5.91 Å². The average molecular weight is 309 g/mol. The van der Waals surface area contributed by atoms with Gasteiger partial charge in [-0.1, -0.05) is 36.4 Å². The average Bonchev–Trinajstić information content (AvgIpc) is 2.77. The van der Waals surface area contributed by atoms with Gasteiger partial charge in [0, 0.05) is 11.8 Å². The zero-order valence-electron chi connectivity index (χ0n) is 13.3. The summed E-state index contributed by atoms with van der Waals surface area (Å²) in [6.45, 7) is 3.21. The van der Waals surface area contributed by atoms with E-state index in [2.05, 4.69) is 0 Å². The van der Waals surface area contributed by atoms with Crippen molar-refractivity contribution in [3.63, 3.8) is 0 Å². The normalized spacial score (nSPS) is 21.2. The minimum absolute atomic E-state index is 0.00423. The number of hydrogen-bond donors (Lipinski definition) is 0. The maximum absolute atomic E-state index is 12.9. The number of carbonyl (C=O) groups is 3. The van der Waals surface area contributed by atoms with Gasteiger partial charge in [0.25, 0.3) is 0 Å². The molecular formula is C19H19NO3. The molecule has 0 bridgehead atoms. The van der Waals surface area contributed by atoms with Gasteiger partial charge in [-0.05, 0) is 31.7 Å². The van der Waals surface area contributed by atoms with E-state index >= 15 is 0 Å². The summed E-state index contributed by atoms with van der Waals surface area (Å²) in [6.07, 6.45) is 0.526. The fourth-order valence-corrected chi connectivity index (χ4v) is 3.12. The maximum Gasteiger partial charge on any atom is 0.240 e. The van der Waals surface area contributed by atoms with Crippen molar-refractivity contribution in [3.05, 3.63) is 42.5 Å². The molecule has 4 nitrogen and oxygen atoms in total. The fourth-order valence-electron chi connectivity index (χ4n) is 3.12. The molecule has 1 heterocycles. The summed E-state index contributed by atoms with van der Waals surface area (Å²) in [5.41, 5.74) is -0.337. The molecule has 1 aliphatic heterocycles. The lowest BCUT2D eigenvalue weighted by Gasteiger charge is -2.22. The van der Waals surface area contributed by atoms with Gasteiger partial charge in [-0.25, -0.2) is 0 Å². The first kappa shape index (κ1) is 15.4. The summed E-state index contributed by atoms with van der Waals surface area (Å²) >= 11 is 0. The highest BCUT2D eigenvalue weighted by Gasteiger charge is 2.50. The number of carbonyl (C=O) groups excluding carboxylic acids is 3. The molecule has 1 amide bonds. The van der Waals surface area contributed by atoms with E-state index in [1.807, 2.05) is 42.5 Å². The van der Waals surface area contributed by atoms with E-state index in [1.165, 1.54) is 6.92 Å². The lowest BCUT2D eigenvalue weighted by molar-refractivity contribution is -0.134. The Kier molecular flexibility index (Phi) is 3.76. The second kappa shape index (κ2) is 5.61. The zero-order chi connectivity index (χ0) is 16.6.